The van der Waals surface area contributed by atoms with E-state index in [0.717, 1.165) is 48.3 Å². The van der Waals surface area contributed by atoms with Crippen molar-refractivity contribution in [2.24, 2.45) is 0 Å². The average molecular weight is 434 g/mol. The van der Waals surface area contributed by atoms with Gasteiger partial charge in [-0.15, -0.1) is 0 Å². The molecule has 6 nitrogen and oxygen atoms in total. The number of unbranched alkanes of at least 4 members (excludes halogenated alkanes) is 1. The molecule has 32 heavy (non-hydrogen) atoms. The molecule has 3 aromatic rings. The van der Waals surface area contributed by atoms with Gasteiger partial charge in [0.05, 0.1) is 12.1 Å². The van der Waals surface area contributed by atoms with Crippen LogP contribution in [0.15, 0.2) is 60.8 Å². The molecule has 6 heteroatoms. The number of para-hydroxylation sites is 1. The third kappa shape index (κ3) is 5.14. The quantitative estimate of drug-likeness (QED) is 0.497. The van der Waals surface area contributed by atoms with Gasteiger partial charge in [0, 0.05) is 30.2 Å². The lowest BCUT2D eigenvalue weighted by Gasteiger charge is -2.26. The van der Waals surface area contributed by atoms with Crippen molar-refractivity contribution >= 4 is 22.6 Å². The smallest absolute Gasteiger partial charge is 0.431 e. The minimum absolute atomic E-state index is 0.502. The zero-order valence-corrected chi connectivity index (χ0v) is 18.8. The molecule has 0 spiro atoms. The molecule has 0 bridgehead atoms. The molecule has 4 rings (SSSR count). The van der Waals surface area contributed by atoms with Crippen molar-refractivity contribution in [2.45, 2.75) is 33.1 Å². The highest BCUT2D eigenvalue weighted by Crippen LogP contribution is 2.33. The van der Waals surface area contributed by atoms with E-state index in [-0.39, 0.29) is 0 Å². The molecule has 1 amide bonds. The van der Waals surface area contributed by atoms with Crippen LogP contribution in [0.25, 0.3) is 16.5 Å². The summed E-state index contributed by atoms with van der Waals surface area (Å²) < 4.78 is 12.9. The lowest BCUT2D eigenvalue weighted by Crippen LogP contribution is -2.29. The Balaban J connectivity index is 1.61. The Morgan fingerprint density at radius 2 is 1.94 bits per heavy atom. The fourth-order valence-corrected chi connectivity index (χ4v) is 4.07. The number of ether oxygens (including phenoxy) is 2. The number of rotatable bonds is 8. The normalized spacial score (nSPS) is 14.2. The fraction of sp³-hybridized carbons (Fsp3) is 0.346. The number of nitrogens with zero attached hydrogens (tertiary/aromatic N) is 2. The number of aromatic nitrogens is 1. The monoisotopic (exact) mass is 433 g/mol. The highest BCUT2D eigenvalue weighted by atomic mass is 16.6. The van der Waals surface area contributed by atoms with Crippen LogP contribution in [0.4, 0.5) is 4.79 Å². The van der Waals surface area contributed by atoms with Crippen LogP contribution < -0.4 is 14.9 Å². The number of hydrogen-bond acceptors (Lipinski definition) is 4. The summed E-state index contributed by atoms with van der Waals surface area (Å²) in [5.41, 5.74) is 6.18. The Labute approximate surface area is 189 Å². The van der Waals surface area contributed by atoms with Gasteiger partial charge < -0.3 is 9.47 Å². The van der Waals surface area contributed by atoms with Crippen LogP contribution in [0.2, 0.25) is 0 Å². The van der Waals surface area contributed by atoms with Crippen LogP contribution in [0, 0.1) is 0 Å². The second-order valence-corrected chi connectivity index (χ2v) is 7.97. The first-order valence-corrected chi connectivity index (χ1v) is 11.4. The predicted molar refractivity (Wildman–Crippen MR) is 129 cm³/mol. The molecule has 168 valence electrons. The van der Waals surface area contributed by atoms with Crippen LogP contribution in [0.3, 0.4) is 0 Å². The van der Waals surface area contributed by atoms with Crippen molar-refractivity contribution in [3.8, 4) is 11.5 Å². The number of carbonyl (C=O) groups is 1. The van der Waals surface area contributed by atoms with Crippen molar-refractivity contribution in [1.82, 2.24) is 9.58 Å². The van der Waals surface area contributed by atoms with Crippen molar-refractivity contribution in [3.63, 3.8) is 0 Å². The van der Waals surface area contributed by atoms with Crippen molar-refractivity contribution in [2.75, 3.05) is 31.7 Å². The second kappa shape index (κ2) is 10.4. The van der Waals surface area contributed by atoms with Crippen LogP contribution >= 0.6 is 0 Å². The van der Waals surface area contributed by atoms with Crippen LogP contribution in [0.1, 0.15) is 38.7 Å². The molecule has 0 aliphatic carbocycles. The SMILES string of the molecule is CCCCN1CC=C(c2cn(NC(=O)Oc3ccccc3)c3ccc(OCC)cc23)CC1. The summed E-state index contributed by atoms with van der Waals surface area (Å²) in [5, 5.41) is 1.06. The fourth-order valence-electron chi connectivity index (χ4n) is 4.07. The molecule has 0 unspecified atom stereocenters. The Bertz CT molecular complexity index is 1090. The van der Waals surface area contributed by atoms with Gasteiger partial charge in [0.2, 0.25) is 0 Å². The number of hydrogen-bond donors (Lipinski definition) is 1. The topological polar surface area (TPSA) is 55.7 Å². The van der Waals surface area contributed by atoms with Gasteiger partial charge in [0.1, 0.15) is 11.5 Å². The number of amides is 1. The van der Waals surface area contributed by atoms with Crippen molar-refractivity contribution in [1.29, 1.82) is 0 Å². The third-order valence-electron chi connectivity index (χ3n) is 5.72. The highest BCUT2D eigenvalue weighted by molar-refractivity contribution is 5.95. The predicted octanol–water partition coefficient (Wildman–Crippen LogP) is 5.67. The van der Waals surface area contributed by atoms with Gasteiger partial charge in [-0.25, -0.2) is 10.2 Å². The van der Waals surface area contributed by atoms with Crippen molar-refractivity contribution < 1.29 is 14.3 Å². The number of nitrogens with one attached hydrogen (secondary N) is 1. The van der Waals surface area contributed by atoms with E-state index in [0.29, 0.717) is 12.4 Å². The van der Waals surface area contributed by atoms with E-state index in [4.69, 9.17) is 9.47 Å². The van der Waals surface area contributed by atoms with Crippen LogP contribution in [-0.2, 0) is 0 Å². The van der Waals surface area contributed by atoms with Crippen LogP contribution in [-0.4, -0.2) is 41.9 Å². The third-order valence-corrected chi connectivity index (χ3v) is 5.72. The molecule has 0 atom stereocenters. The molecule has 0 saturated carbocycles. The molecule has 1 N–H and O–H groups in total. The summed E-state index contributed by atoms with van der Waals surface area (Å²) in [6, 6.07) is 15.0. The molecular weight excluding hydrogens is 402 g/mol. The Hall–Kier alpha value is -3.25. The van der Waals surface area contributed by atoms with E-state index in [1.807, 2.05) is 43.5 Å². The Morgan fingerprint density at radius 1 is 1.09 bits per heavy atom. The minimum atomic E-state index is -0.531. The van der Waals surface area contributed by atoms with E-state index in [9.17, 15) is 4.79 Å². The summed E-state index contributed by atoms with van der Waals surface area (Å²) in [6.45, 7) is 7.96. The summed E-state index contributed by atoms with van der Waals surface area (Å²) in [7, 11) is 0. The zero-order chi connectivity index (χ0) is 22.3. The second-order valence-electron chi connectivity index (χ2n) is 7.97. The lowest BCUT2D eigenvalue weighted by molar-refractivity contribution is 0.212. The minimum Gasteiger partial charge on any atom is -0.494 e. The number of fused-ring (bicyclic) bond motifs is 1. The molecular formula is C26H31N3O3. The molecule has 1 aliphatic heterocycles. The van der Waals surface area contributed by atoms with Gasteiger partial charge in [0.15, 0.2) is 0 Å². The maximum absolute atomic E-state index is 12.5. The van der Waals surface area contributed by atoms with Crippen molar-refractivity contribution in [3.05, 3.63) is 66.4 Å². The van der Waals surface area contributed by atoms with Gasteiger partial charge in [0.25, 0.3) is 0 Å². The first-order valence-electron chi connectivity index (χ1n) is 11.4. The van der Waals surface area contributed by atoms with E-state index >= 15 is 0 Å². The van der Waals surface area contributed by atoms with Gasteiger partial charge in [-0.05, 0) is 62.2 Å². The average Bonchev–Trinajstić information content (AvgIpc) is 3.16. The molecule has 0 fully saturated rings. The summed E-state index contributed by atoms with van der Waals surface area (Å²) >= 11 is 0. The standard InChI is InChI=1S/C26H31N3O3/c1-3-5-15-28-16-13-20(14-17-28)24-19-29(25-12-11-22(31-4-2)18-23(24)25)27-26(30)32-21-9-7-6-8-10-21/h6-13,18-19H,3-5,14-17H2,1-2H3,(H,27,30). The Kier molecular flexibility index (Phi) is 7.12. The van der Waals surface area contributed by atoms with E-state index in [2.05, 4.69) is 29.4 Å². The lowest BCUT2D eigenvalue weighted by atomic mass is 9.98. The number of carbonyl (C=O) groups excluding carboxylic acids is 1. The molecule has 1 aromatic heterocycles. The van der Waals surface area contributed by atoms with E-state index in [1.165, 1.54) is 18.4 Å². The van der Waals surface area contributed by atoms with Gasteiger partial charge in [-0.2, -0.15) is 0 Å². The molecule has 1 aliphatic rings. The summed E-state index contributed by atoms with van der Waals surface area (Å²) in [5.74, 6) is 1.33. The number of benzene rings is 2. The highest BCUT2D eigenvalue weighted by Gasteiger charge is 2.19. The summed E-state index contributed by atoms with van der Waals surface area (Å²) in [6.07, 6.45) is 7.19. The summed E-state index contributed by atoms with van der Waals surface area (Å²) in [4.78, 5) is 15.0. The largest absolute Gasteiger partial charge is 0.494 e. The van der Waals surface area contributed by atoms with Gasteiger partial charge in [-0.1, -0.05) is 37.6 Å². The maximum Gasteiger partial charge on any atom is 0.431 e. The maximum atomic E-state index is 12.5. The first-order chi connectivity index (χ1) is 15.7. The van der Waals surface area contributed by atoms with Crippen LogP contribution in [0.5, 0.6) is 11.5 Å². The first kappa shape index (κ1) is 22.0. The Morgan fingerprint density at radius 3 is 2.66 bits per heavy atom. The van der Waals surface area contributed by atoms with Gasteiger partial charge >= 0.3 is 6.09 Å². The zero-order valence-electron chi connectivity index (χ0n) is 18.8. The molecule has 2 heterocycles. The molecule has 0 radical (unpaired) electrons. The van der Waals surface area contributed by atoms with E-state index in [1.54, 1.807) is 16.8 Å². The van der Waals surface area contributed by atoms with E-state index < -0.39 is 6.09 Å². The van der Waals surface area contributed by atoms with Gasteiger partial charge in [-0.3, -0.25) is 9.58 Å². The molecule has 0 saturated heterocycles. The molecule has 2 aromatic carbocycles.